The molecule has 1 N–H and O–H groups in total. The molecule has 0 atom stereocenters. The first kappa shape index (κ1) is 26.6. The van der Waals surface area contributed by atoms with Crippen molar-refractivity contribution in [1.82, 2.24) is 15.1 Å². The second-order valence-corrected chi connectivity index (χ2v) is 6.95. The molecule has 0 saturated carbocycles. The summed E-state index contributed by atoms with van der Waals surface area (Å²) in [6.45, 7) is 0.879. The van der Waals surface area contributed by atoms with Crippen molar-refractivity contribution in [2.24, 2.45) is 4.99 Å². The number of guanidine groups is 1. The van der Waals surface area contributed by atoms with Gasteiger partial charge in [-0.1, -0.05) is 24.3 Å². The van der Waals surface area contributed by atoms with Gasteiger partial charge >= 0.3 is 6.61 Å². The molecule has 0 heterocycles. The van der Waals surface area contributed by atoms with Gasteiger partial charge in [0.25, 0.3) is 5.91 Å². The van der Waals surface area contributed by atoms with E-state index in [0.717, 1.165) is 17.1 Å². The lowest BCUT2D eigenvalue weighted by Gasteiger charge is -2.22. The summed E-state index contributed by atoms with van der Waals surface area (Å²) in [4.78, 5) is 20.1. The molecular formula is C22H29F2IN4O2. The Balaban J connectivity index is 0.00000480. The number of hydrogen-bond acceptors (Lipinski definition) is 3. The highest BCUT2D eigenvalue weighted by atomic mass is 127. The molecule has 0 aliphatic carbocycles. The number of ether oxygens (including phenoxy) is 1. The number of hydrogen-bond donors (Lipinski definition) is 1. The van der Waals surface area contributed by atoms with E-state index in [4.69, 9.17) is 0 Å². The summed E-state index contributed by atoms with van der Waals surface area (Å²) in [6, 6.07) is 13.9. The Hall–Kier alpha value is -2.43. The fraction of sp³-hybridized carbons (Fsp3) is 0.364. The molecular weight excluding hydrogens is 517 g/mol. The van der Waals surface area contributed by atoms with Gasteiger partial charge < -0.3 is 19.9 Å². The van der Waals surface area contributed by atoms with Gasteiger partial charge in [-0.25, -0.2) is 4.99 Å². The van der Waals surface area contributed by atoms with Gasteiger partial charge in [0.1, 0.15) is 5.75 Å². The minimum absolute atomic E-state index is 0. The highest BCUT2D eigenvalue weighted by Gasteiger charge is 2.09. The highest BCUT2D eigenvalue weighted by Crippen LogP contribution is 2.16. The quantitative estimate of drug-likeness (QED) is 0.307. The largest absolute Gasteiger partial charge is 0.435 e. The number of carbonyl (C=O) groups excluding carboxylic acids is 1. The summed E-state index contributed by atoms with van der Waals surface area (Å²) in [7, 11) is 5.35. The number of amides is 1. The Morgan fingerprint density at radius 2 is 1.61 bits per heavy atom. The van der Waals surface area contributed by atoms with Gasteiger partial charge in [-0.2, -0.15) is 8.78 Å². The van der Waals surface area contributed by atoms with Crippen LogP contribution in [0.1, 0.15) is 28.4 Å². The Kier molecular flexibility index (Phi) is 11.2. The number of alkyl halides is 2. The van der Waals surface area contributed by atoms with Crippen LogP contribution in [0, 0.1) is 0 Å². The molecule has 170 valence electrons. The van der Waals surface area contributed by atoms with Crippen LogP contribution in [0.5, 0.6) is 5.75 Å². The van der Waals surface area contributed by atoms with Crippen LogP contribution in [0.4, 0.5) is 8.78 Å². The molecule has 6 nitrogen and oxygen atoms in total. The van der Waals surface area contributed by atoms with Gasteiger partial charge in [-0.15, -0.1) is 24.0 Å². The standard InChI is InChI=1S/C22H28F2N4O2.HI/c1-5-25-22(26-14-16-6-10-18(11-7-16)20(29)27(2)3)28(4)15-17-8-12-19(13-9-17)30-21(23)24;/h6-13,21H,5,14-15H2,1-4H3,(H,25,26);1H. The van der Waals surface area contributed by atoms with Crippen molar-refractivity contribution < 1.29 is 18.3 Å². The van der Waals surface area contributed by atoms with E-state index in [9.17, 15) is 13.6 Å². The second-order valence-electron chi connectivity index (χ2n) is 6.95. The zero-order chi connectivity index (χ0) is 22.1. The lowest BCUT2D eigenvalue weighted by molar-refractivity contribution is -0.0498. The van der Waals surface area contributed by atoms with Crippen molar-refractivity contribution in [3.8, 4) is 5.75 Å². The molecule has 0 radical (unpaired) electrons. The first-order valence-corrected chi connectivity index (χ1v) is 9.64. The average molecular weight is 546 g/mol. The van der Waals surface area contributed by atoms with Gasteiger partial charge in [-0.05, 0) is 42.3 Å². The molecule has 2 rings (SSSR count). The van der Waals surface area contributed by atoms with Crippen molar-refractivity contribution in [3.63, 3.8) is 0 Å². The molecule has 0 spiro atoms. The van der Waals surface area contributed by atoms with E-state index >= 15 is 0 Å². The van der Waals surface area contributed by atoms with Gasteiger partial charge in [-0.3, -0.25) is 4.79 Å². The maximum atomic E-state index is 12.3. The zero-order valence-corrected chi connectivity index (χ0v) is 20.5. The van der Waals surface area contributed by atoms with E-state index in [1.807, 2.05) is 31.0 Å². The van der Waals surface area contributed by atoms with Crippen LogP contribution in [-0.4, -0.2) is 56.0 Å². The number of carbonyl (C=O) groups is 1. The van der Waals surface area contributed by atoms with Crippen molar-refractivity contribution in [2.45, 2.75) is 26.6 Å². The third-order valence-corrected chi connectivity index (χ3v) is 4.28. The van der Waals surface area contributed by atoms with E-state index in [0.29, 0.717) is 25.2 Å². The van der Waals surface area contributed by atoms with Gasteiger partial charge in [0.15, 0.2) is 5.96 Å². The van der Waals surface area contributed by atoms with Crippen LogP contribution in [0.3, 0.4) is 0 Å². The lowest BCUT2D eigenvalue weighted by atomic mass is 10.1. The van der Waals surface area contributed by atoms with E-state index in [-0.39, 0.29) is 35.6 Å². The monoisotopic (exact) mass is 546 g/mol. The molecule has 0 aliphatic heterocycles. The summed E-state index contributed by atoms with van der Waals surface area (Å²) < 4.78 is 28.9. The molecule has 2 aromatic carbocycles. The van der Waals surface area contributed by atoms with Gasteiger partial charge in [0.05, 0.1) is 6.54 Å². The number of nitrogens with zero attached hydrogens (tertiary/aromatic N) is 3. The topological polar surface area (TPSA) is 57.2 Å². The smallest absolute Gasteiger partial charge is 0.387 e. The SMILES string of the molecule is CCNC(=NCc1ccc(C(=O)N(C)C)cc1)N(C)Cc1ccc(OC(F)F)cc1.I. The third kappa shape index (κ3) is 8.68. The van der Waals surface area contributed by atoms with Crippen molar-refractivity contribution in [1.29, 1.82) is 0 Å². The van der Waals surface area contributed by atoms with Gasteiger partial charge in [0, 0.05) is 39.8 Å². The maximum absolute atomic E-state index is 12.3. The third-order valence-electron chi connectivity index (χ3n) is 4.28. The molecule has 1 amide bonds. The average Bonchev–Trinajstić information content (AvgIpc) is 2.72. The van der Waals surface area contributed by atoms with Crippen molar-refractivity contribution in [3.05, 3.63) is 65.2 Å². The highest BCUT2D eigenvalue weighted by molar-refractivity contribution is 14.0. The summed E-state index contributed by atoms with van der Waals surface area (Å²) in [5.74, 6) is 0.815. The summed E-state index contributed by atoms with van der Waals surface area (Å²) in [5, 5.41) is 3.25. The van der Waals surface area contributed by atoms with Crippen LogP contribution < -0.4 is 10.1 Å². The molecule has 0 bridgehead atoms. The minimum atomic E-state index is -2.83. The Morgan fingerprint density at radius 3 is 2.13 bits per heavy atom. The van der Waals surface area contributed by atoms with Crippen LogP contribution >= 0.6 is 24.0 Å². The number of benzene rings is 2. The summed E-state index contributed by atoms with van der Waals surface area (Å²) >= 11 is 0. The second kappa shape index (κ2) is 13.1. The Morgan fingerprint density at radius 1 is 1.03 bits per heavy atom. The molecule has 2 aromatic rings. The molecule has 0 aliphatic rings. The predicted molar refractivity (Wildman–Crippen MR) is 129 cm³/mol. The van der Waals surface area contributed by atoms with E-state index in [2.05, 4.69) is 15.0 Å². The van der Waals surface area contributed by atoms with Crippen LogP contribution in [-0.2, 0) is 13.1 Å². The molecule has 0 saturated heterocycles. The van der Waals surface area contributed by atoms with E-state index < -0.39 is 6.61 Å². The molecule has 0 fully saturated rings. The predicted octanol–water partition coefficient (Wildman–Crippen LogP) is 4.21. The molecule has 31 heavy (non-hydrogen) atoms. The lowest BCUT2D eigenvalue weighted by Crippen LogP contribution is -2.38. The fourth-order valence-electron chi connectivity index (χ4n) is 2.77. The molecule has 0 aromatic heterocycles. The first-order valence-electron chi connectivity index (χ1n) is 9.64. The summed E-state index contributed by atoms with van der Waals surface area (Å²) in [5.41, 5.74) is 2.56. The minimum Gasteiger partial charge on any atom is -0.435 e. The Bertz CT molecular complexity index is 844. The number of halogens is 3. The molecule has 9 heteroatoms. The van der Waals surface area contributed by atoms with Crippen LogP contribution in [0.25, 0.3) is 0 Å². The molecule has 0 unspecified atom stereocenters. The van der Waals surface area contributed by atoms with Crippen molar-refractivity contribution in [2.75, 3.05) is 27.7 Å². The van der Waals surface area contributed by atoms with Gasteiger partial charge in [0.2, 0.25) is 0 Å². The normalized spacial score (nSPS) is 11.0. The number of aliphatic imine (C=N–C) groups is 1. The zero-order valence-electron chi connectivity index (χ0n) is 18.1. The number of rotatable bonds is 8. The summed E-state index contributed by atoms with van der Waals surface area (Å²) in [6.07, 6.45) is 0. The van der Waals surface area contributed by atoms with E-state index in [1.165, 1.54) is 17.0 Å². The van der Waals surface area contributed by atoms with Crippen LogP contribution in [0.15, 0.2) is 53.5 Å². The Labute approximate surface area is 199 Å². The maximum Gasteiger partial charge on any atom is 0.387 e. The van der Waals surface area contributed by atoms with Crippen LogP contribution in [0.2, 0.25) is 0 Å². The fourth-order valence-corrected chi connectivity index (χ4v) is 2.77. The van der Waals surface area contributed by atoms with Crippen molar-refractivity contribution >= 4 is 35.8 Å². The number of nitrogens with one attached hydrogen (secondary N) is 1. The first-order chi connectivity index (χ1) is 14.3. The van der Waals surface area contributed by atoms with E-state index in [1.54, 1.807) is 38.4 Å².